The van der Waals surface area contributed by atoms with Gasteiger partial charge in [-0.25, -0.2) is 0 Å². The first-order chi connectivity index (χ1) is 9.42. The average Bonchev–Trinajstić information content (AvgIpc) is 2.92. The molecule has 1 aromatic carbocycles. The molecule has 1 aromatic rings. The van der Waals surface area contributed by atoms with Crippen LogP contribution in [0.25, 0.3) is 0 Å². The van der Waals surface area contributed by atoms with Crippen LogP contribution < -0.4 is 5.32 Å². The van der Waals surface area contributed by atoms with Crippen molar-refractivity contribution >= 4 is 5.69 Å². The lowest BCUT2D eigenvalue weighted by molar-refractivity contribution is 0.104. The Morgan fingerprint density at radius 1 is 1.11 bits per heavy atom. The van der Waals surface area contributed by atoms with Crippen LogP contribution in [-0.2, 0) is 0 Å². The molecule has 0 spiro atoms. The highest BCUT2D eigenvalue weighted by Crippen LogP contribution is 2.21. The first-order valence-corrected chi connectivity index (χ1v) is 7.67. The molecule has 2 fully saturated rings. The van der Waals surface area contributed by atoms with Gasteiger partial charge in [0.2, 0.25) is 0 Å². The molecule has 1 N–H and O–H groups in total. The summed E-state index contributed by atoms with van der Waals surface area (Å²) in [7, 11) is 0. The Labute approximate surface area is 116 Å². The minimum atomic E-state index is 0.857. The zero-order chi connectivity index (χ0) is 12.9. The van der Waals surface area contributed by atoms with Crippen LogP contribution in [0.3, 0.4) is 0 Å². The first-order valence-electron chi connectivity index (χ1n) is 7.67. The van der Waals surface area contributed by atoms with Crippen LogP contribution in [0.15, 0.2) is 30.3 Å². The number of nitrogens with one attached hydrogen (secondary N) is 1. The van der Waals surface area contributed by atoms with Gasteiger partial charge in [0, 0.05) is 37.9 Å². The van der Waals surface area contributed by atoms with E-state index in [2.05, 4.69) is 45.4 Å². The molecule has 0 aromatic heterocycles. The Kier molecular flexibility index (Phi) is 4.36. The van der Waals surface area contributed by atoms with Gasteiger partial charge in [0.1, 0.15) is 0 Å². The molecule has 3 nitrogen and oxygen atoms in total. The Balaban J connectivity index is 1.34. The van der Waals surface area contributed by atoms with Gasteiger partial charge in [-0.15, -0.1) is 0 Å². The topological polar surface area (TPSA) is 18.5 Å². The molecule has 2 aliphatic rings. The minimum Gasteiger partial charge on any atom is -0.385 e. The van der Waals surface area contributed by atoms with Crippen molar-refractivity contribution in [3.05, 3.63) is 30.3 Å². The Bertz CT molecular complexity index is 379. The van der Waals surface area contributed by atoms with Gasteiger partial charge in [-0.3, -0.25) is 4.90 Å². The normalized spacial score (nSPS) is 24.3. The van der Waals surface area contributed by atoms with Gasteiger partial charge < -0.3 is 10.2 Å². The predicted molar refractivity (Wildman–Crippen MR) is 80.6 cm³/mol. The van der Waals surface area contributed by atoms with Crippen LogP contribution in [-0.4, -0.2) is 55.1 Å². The van der Waals surface area contributed by atoms with Gasteiger partial charge in [-0.1, -0.05) is 18.2 Å². The summed E-state index contributed by atoms with van der Waals surface area (Å²) in [5, 5.41) is 3.49. The number of piperazine rings is 1. The van der Waals surface area contributed by atoms with E-state index in [1.165, 1.54) is 57.7 Å². The van der Waals surface area contributed by atoms with E-state index in [4.69, 9.17) is 0 Å². The molecular weight excluding hydrogens is 234 g/mol. The van der Waals surface area contributed by atoms with E-state index in [0.29, 0.717) is 0 Å². The van der Waals surface area contributed by atoms with Gasteiger partial charge in [-0.2, -0.15) is 0 Å². The highest BCUT2D eigenvalue weighted by Gasteiger charge is 2.29. The van der Waals surface area contributed by atoms with Crippen molar-refractivity contribution in [2.45, 2.75) is 25.3 Å². The highest BCUT2D eigenvalue weighted by molar-refractivity contribution is 5.42. The maximum absolute atomic E-state index is 3.49. The van der Waals surface area contributed by atoms with Gasteiger partial charge >= 0.3 is 0 Å². The number of hydrogen-bond acceptors (Lipinski definition) is 3. The van der Waals surface area contributed by atoms with Crippen molar-refractivity contribution in [1.29, 1.82) is 0 Å². The summed E-state index contributed by atoms with van der Waals surface area (Å²) < 4.78 is 0. The SMILES string of the molecule is c1ccc(NCCCN2CCN3CCCC3C2)cc1. The second-order valence-electron chi connectivity index (χ2n) is 5.78. The molecule has 3 rings (SSSR count). The van der Waals surface area contributed by atoms with Crippen LogP contribution in [0.1, 0.15) is 19.3 Å². The van der Waals surface area contributed by atoms with Crippen LogP contribution >= 0.6 is 0 Å². The molecule has 1 atom stereocenters. The molecule has 0 amide bonds. The third-order valence-electron chi connectivity index (χ3n) is 4.43. The van der Waals surface area contributed by atoms with Crippen molar-refractivity contribution in [2.75, 3.05) is 44.6 Å². The van der Waals surface area contributed by atoms with Crippen LogP contribution in [0.4, 0.5) is 5.69 Å². The molecule has 19 heavy (non-hydrogen) atoms. The van der Waals surface area contributed by atoms with E-state index in [9.17, 15) is 0 Å². The van der Waals surface area contributed by atoms with Crippen LogP contribution in [0.2, 0.25) is 0 Å². The lowest BCUT2D eigenvalue weighted by atomic mass is 10.1. The van der Waals surface area contributed by atoms with Crippen molar-refractivity contribution in [1.82, 2.24) is 9.80 Å². The number of rotatable bonds is 5. The molecule has 104 valence electrons. The van der Waals surface area contributed by atoms with Crippen molar-refractivity contribution in [2.24, 2.45) is 0 Å². The van der Waals surface area contributed by atoms with Crippen molar-refractivity contribution in [3.8, 4) is 0 Å². The predicted octanol–water partition coefficient (Wildman–Crippen LogP) is 2.27. The maximum Gasteiger partial charge on any atom is 0.0340 e. The molecule has 2 aliphatic heterocycles. The van der Waals surface area contributed by atoms with E-state index in [1.54, 1.807) is 0 Å². The molecule has 1 unspecified atom stereocenters. The summed E-state index contributed by atoms with van der Waals surface area (Å²) in [5.41, 5.74) is 1.24. The summed E-state index contributed by atoms with van der Waals surface area (Å²) >= 11 is 0. The van der Waals surface area contributed by atoms with E-state index < -0.39 is 0 Å². The largest absolute Gasteiger partial charge is 0.385 e. The third kappa shape index (κ3) is 3.48. The van der Waals surface area contributed by atoms with Crippen molar-refractivity contribution < 1.29 is 0 Å². The number of fused-ring (bicyclic) bond motifs is 1. The van der Waals surface area contributed by atoms with E-state index in [1.807, 2.05) is 0 Å². The average molecular weight is 259 g/mol. The molecule has 3 heteroatoms. The van der Waals surface area contributed by atoms with Gasteiger partial charge in [-0.05, 0) is 44.5 Å². The van der Waals surface area contributed by atoms with Gasteiger partial charge in [0.25, 0.3) is 0 Å². The van der Waals surface area contributed by atoms with Gasteiger partial charge in [0.05, 0.1) is 0 Å². The second kappa shape index (κ2) is 6.40. The lowest BCUT2D eigenvalue weighted by Gasteiger charge is -2.37. The molecule has 2 saturated heterocycles. The summed E-state index contributed by atoms with van der Waals surface area (Å²) in [6.07, 6.45) is 4.06. The summed E-state index contributed by atoms with van der Waals surface area (Å²) in [5.74, 6) is 0. The molecule has 0 saturated carbocycles. The quantitative estimate of drug-likeness (QED) is 0.818. The smallest absolute Gasteiger partial charge is 0.0340 e. The monoisotopic (exact) mass is 259 g/mol. The highest BCUT2D eigenvalue weighted by atomic mass is 15.3. The number of nitrogens with zero attached hydrogens (tertiary/aromatic N) is 2. The number of para-hydroxylation sites is 1. The lowest BCUT2D eigenvalue weighted by Crippen LogP contribution is -2.50. The third-order valence-corrected chi connectivity index (χ3v) is 4.43. The van der Waals surface area contributed by atoms with Crippen molar-refractivity contribution in [3.63, 3.8) is 0 Å². The molecule has 0 bridgehead atoms. The fraction of sp³-hybridized carbons (Fsp3) is 0.625. The molecular formula is C16H25N3. The molecule has 2 heterocycles. The Morgan fingerprint density at radius 3 is 2.89 bits per heavy atom. The van der Waals surface area contributed by atoms with Gasteiger partial charge in [0.15, 0.2) is 0 Å². The summed E-state index contributed by atoms with van der Waals surface area (Å²) in [4.78, 5) is 5.33. The number of benzene rings is 1. The number of anilines is 1. The molecule has 0 radical (unpaired) electrons. The fourth-order valence-electron chi connectivity index (χ4n) is 3.35. The Morgan fingerprint density at radius 2 is 2.00 bits per heavy atom. The minimum absolute atomic E-state index is 0.857. The standard InChI is InChI=1S/C16H25N3/c1-2-6-15(7-3-1)17-9-5-10-18-12-13-19-11-4-8-16(19)14-18/h1-3,6-7,16-17H,4-5,8-14H2. The zero-order valence-electron chi connectivity index (χ0n) is 11.7. The maximum atomic E-state index is 3.49. The van der Waals surface area contributed by atoms with E-state index in [-0.39, 0.29) is 0 Å². The summed E-state index contributed by atoms with van der Waals surface area (Å²) in [6, 6.07) is 11.4. The van der Waals surface area contributed by atoms with E-state index >= 15 is 0 Å². The first kappa shape index (κ1) is 12.9. The molecule has 0 aliphatic carbocycles. The number of hydrogen-bond donors (Lipinski definition) is 1. The Hall–Kier alpha value is -1.06. The van der Waals surface area contributed by atoms with Crippen LogP contribution in [0, 0.1) is 0 Å². The fourth-order valence-corrected chi connectivity index (χ4v) is 3.35. The van der Waals surface area contributed by atoms with E-state index in [0.717, 1.165) is 12.6 Å². The second-order valence-corrected chi connectivity index (χ2v) is 5.78. The van der Waals surface area contributed by atoms with Crippen LogP contribution in [0.5, 0.6) is 0 Å². The zero-order valence-corrected chi connectivity index (χ0v) is 11.7. The summed E-state index contributed by atoms with van der Waals surface area (Å²) in [6.45, 7) is 7.51.